The largest absolute Gasteiger partial charge is 0.299 e. The number of carbonyl (C=O) groups excluding carboxylic acids is 1. The van der Waals surface area contributed by atoms with E-state index in [0.717, 1.165) is 22.4 Å². The Morgan fingerprint density at radius 1 is 0.920 bits per heavy atom. The number of halogens is 2. The average Bonchev–Trinajstić information content (AvgIpc) is 3.06. The van der Waals surface area contributed by atoms with Crippen molar-refractivity contribution in [1.29, 1.82) is 0 Å². The van der Waals surface area contributed by atoms with Gasteiger partial charge in [0.1, 0.15) is 5.65 Å². The maximum atomic E-state index is 11.6. The Labute approximate surface area is 154 Å². The third-order valence-electron chi connectivity index (χ3n) is 4.11. The van der Waals surface area contributed by atoms with E-state index >= 15 is 0 Å². The topological polar surface area (TPSA) is 34.4 Å². The molecule has 0 atom stereocenters. The van der Waals surface area contributed by atoms with E-state index in [1.807, 2.05) is 53.1 Å². The molecule has 0 bridgehead atoms. The first kappa shape index (κ1) is 15.9. The zero-order chi connectivity index (χ0) is 17.4. The van der Waals surface area contributed by atoms with E-state index in [1.165, 1.54) is 0 Å². The number of pyridine rings is 1. The molecule has 0 fully saturated rings. The van der Waals surface area contributed by atoms with Crippen LogP contribution in [0.2, 0.25) is 5.02 Å². The lowest BCUT2D eigenvalue weighted by atomic mass is 9.98. The molecule has 25 heavy (non-hydrogen) atoms. The molecular weight excluding hydrogens is 355 g/mol. The average molecular weight is 367 g/mol. The van der Waals surface area contributed by atoms with Crippen LogP contribution in [-0.2, 0) is 0 Å². The van der Waals surface area contributed by atoms with Gasteiger partial charge in [0.15, 0.2) is 0 Å². The Bertz CT molecular complexity index is 1080. The van der Waals surface area contributed by atoms with Gasteiger partial charge in [-0.3, -0.25) is 9.20 Å². The van der Waals surface area contributed by atoms with E-state index in [1.54, 1.807) is 18.3 Å². The van der Waals surface area contributed by atoms with Crippen LogP contribution in [0.4, 0.5) is 0 Å². The van der Waals surface area contributed by atoms with Gasteiger partial charge >= 0.3 is 0 Å². The molecule has 5 heteroatoms. The highest BCUT2D eigenvalue weighted by Gasteiger charge is 2.15. The van der Waals surface area contributed by atoms with Gasteiger partial charge in [-0.15, -0.1) is 0 Å². The van der Waals surface area contributed by atoms with Crippen molar-refractivity contribution in [2.24, 2.45) is 0 Å². The molecule has 2 aromatic heterocycles. The van der Waals surface area contributed by atoms with Gasteiger partial charge in [-0.25, -0.2) is 4.98 Å². The Kier molecular flexibility index (Phi) is 4.04. The number of aromatic nitrogens is 2. The zero-order valence-corrected chi connectivity index (χ0v) is 14.5. The minimum absolute atomic E-state index is 0.388. The van der Waals surface area contributed by atoms with Gasteiger partial charge in [0.25, 0.3) is 5.24 Å². The van der Waals surface area contributed by atoms with Crippen molar-refractivity contribution in [3.05, 3.63) is 83.6 Å². The van der Waals surface area contributed by atoms with Crippen LogP contribution in [0.5, 0.6) is 0 Å². The van der Waals surface area contributed by atoms with Crippen LogP contribution in [0.3, 0.4) is 0 Å². The maximum Gasteiger partial charge on any atom is 0.256 e. The SMILES string of the molecule is O=C(Cl)c1cccn2c(-c3ccccc3-c3ccc(Cl)cc3)cnc12. The van der Waals surface area contributed by atoms with Crippen molar-refractivity contribution in [3.8, 4) is 22.4 Å². The van der Waals surface area contributed by atoms with Crippen molar-refractivity contribution >= 4 is 34.1 Å². The van der Waals surface area contributed by atoms with Gasteiger partial charge in [0, 0.05) is 16.8 Å². The van der Waals surface area contributed by atoms with E-state index in [9.17, 15) is 4.79 Å². The Morgan fingerprint density at radius 2 is 1.64 bits per heavy atom. The van der Waals surface area contributed by atoms with Gasteiger partial charge < -0.3 is 0 Å². The van der Waals surface area contributed by atoms with Crippen molar-refractivity contribution in [2.45, 2.75) is 0 Å². The minimum Gasteiger partial charge on any atom is -0.299 e. The van der Waals surface area contributed by atoms with E-state index in [2.05, 4.69) is 11.1 Å². The number of hydrogen-bond acceptors (Lipinski definition) is 2. The molecule has 4 rings (SSSR count). The molecule has 0 spiro atoms. The molecule has 2 heterocycles. The molecule has 0 unspecified atom stereocenters. The van der Waals surface area contributed by atoms with E-state index in [4.69, 9.17) is 23.2 Å². The van der Waals surface area contributed by atoms with Crippen molar-refractivity contribution in [2.75, 3.05) is 0 Å². The third kappa shape index (κ3) is 2.82. The van der Waals surface area contributed by atoms with Gasteiger partial charge in [0.2, 0.25) is 0 Å². The zero-order valence-electron chi connectivity index (χ0n) is 13.0. The van der Waals surface area contributed by atoms with Crippen molar-refractivity contribution in [1.82, 2.24) is 9.38 Å². The second kappa shape index (κ2) is 6.36. The van der Waals surface area contributed by atoms with E-state index in [-0.39, 0.29) is 0 Å². The first-order valence-corrected chi connectivity index (χ1v) is 8.42. The second-order valence-electron chi connectivity index (χ2n) is 5.59. The summed E-state index contributed by atoms with van der Waals surface area (Å²) < 4.78 is 1.88. The summed E-state index contributed by atoms with van der Waals surface area (Å²) in [7, 11) is 0. The molecule has 0 aliphatic rings. The summed E-state index contributed by atoms with van der Waals surface area (Å²) in [6.45, 7) is 0. The van der Waals surface area contributed by atoms with Crippen LogP contribution in [0.25, 0.3) is 28.0 Å². The molecule has 2 aromatic carbocycles. The third-order valence-corrected chi connectivity index (χ3v) is 4.56. The number of rotatable bonds is 3. The number of nitrogens with zero attached hydrogens (tertiary/aromatic N) is 2. The minimum atomic E-state index is -0.520. The highest BCUT2D eigenvalue weighted by atomic mass is 35.5. The molecule has 122 valence electrons. The maximum absolute atomic E-state index is 11.6. The number of carbonyl (C=O) groups is 1. The molecule has 3 nitrogen and oxygen atoms in total. The van der Waals surface area contributed by atoms with Crippen LogP contribution >= 0.6 is 23.2 Å². The normalized spacial score (nSPS) is 11.0. The molecule has 0 N–H and O–H groups in total. The predicted octanol–water partition coefficient (Wildman–Crippen LogP) is 5.70. The van der Waals surface area contributed by atoms with Crippen LogP contribution in [0, 0.1) is 0 Å². The fourth-order valence-electron chi connectivity index (χ4n) is 2.95. The van der Waals surface area contributed by atoms with Crippen LogP contribution in [0.1, 0.15) is 10.4 Å². The summed E-state index contributed by atoms with van der Waals surface area (Å²) in [6, 6.07) is 19.2. The van der Waals surface area contributed by atoms with Crippen LogP contribution in [0.15, 0.2) is 73.1 Å². The summed E-state index contributed by atoms with van der Waals surface area (Å²) in [4.78, 5) is 16.0. The number of imidazole rings is 1. The van der Waals surface area contributed by atoms with Gasteiger partial charge in [-0.1, -0.05) is 48.0 Å². The van der Waals surface area contributed by atoms with Crippen LogP contribution in [-0.4, -0.2) is 14.6 Å². The molecule has 0 saturated carbocycles. The smallest absolute Gasteiger partial charge is 0.256 e. The van der Waals surface area contributed by atoms with Gasteiger partial charge in [0.05, 0.1) is 17.5 Å². The lowest BCUT2D eigenvalue weighted by molar-refractivity contribution is 0.108. The molecule has 0 aliphatic carbocycles. The fraction of sp³-hybridized carbons (Fsp3) is 0. The van der Waals surface area contributed by atoms with Gasteiger partial charge in [-0.2, -0.15) is 0 Å². The summed E-state index contributed by atoms with van der Waals surface area (Å²) in [5.74, 6) is 0. The summed E-state index contributed by atoms with van der Waals surface area (Å²) in [6.07, 6.45) is 3.63. The molecular formula is C20H12Cl2N2O. The predicted molar refractivity (Wildman–Crippen MR) is 101 cm³/mol. The molecule has 0 aliphatic heterocycles. The van der Waals surface area contributed by atoms with Crippen molar-refractivity contribution in [3.63, 3.8) is 0 Å². The van der Waals surface area contributed by atoms with Crippen LogP contribution < -0.4 is 0 Å². The lowest BCUT2D eigenvalue weighted by Crippen LogP contribution is -1.96. The molecule has 0 saturated heterocycles. The van der Waals surface area contributed by atoms with Crippen molar-refractivity contribution < 1.29 is 4.79 Å². The number of benzene rings is 2. The molecule has 0 amide bonds. The fourth-order valence-corrected chi connectivity index (χ4v) is 3.22. The molecule has 0 radical (unpaired) electrons. The quantitative estimate of drug-likeness (QED) is 0.435. The Morgan fingerprint density at radius 3 is 2.36 bits per heavy atom. The summed E-state index contributed by atoms with van der Waals surface area (Å²) >= 11 is 11.7. The first-order chi connectivity index (χ1) is 12.1. The summed E-state index contributed by atoms with van der Waals surface area (Å²) in [5.41, 5.74) is 4.95. The summed E-state index contributed by atoms with van der Waals surface area (Å²) in [5, 5.41) is 0.176. The second-order valence-corrected chi connectivity index (χ2v) is 6.36. The lowest BCUT2D eigenvalue weighted by Gasteiger charge is -2.10. The Hall–Kier alpha value is -2.62. The number of fused-ring (bicyclic) bond motifs is 1. The van der Waals surface area contributed by atoms with E-state index < -0.39 is 5.24 Å². The van der Waals surface area contributed by atoms with Gasteiger partial charge in [-0.05, 0) is 47.0 Å². The highest BCUT2D eigenvalue weighted by molar-refractivity contribution is 6.68. The number of hydrogen-bond donors (Lipinski definition) is 0. The standard InChI is InChI=1S/C20H12Cl2N2O/c21-14-9-7-13(8-10-14)15-4-1-2-5-16(15)18-12-23-20-17(19(22)25)6-3-11-24(18)20/h1-12H. The Balaban J connectivity index is 1.95. The molecule has 4 aromatic rings. The first-order valence-electron chi connectivity index (χ1n) is 7.66. The highest BCUT2D eigenvalue weighted by Crippen LogP contribution is 2.33. The van der Waals surface area contributed by atoms with E-state index in [0.29, 0.717) is 16.2 Å². The monoisotopic (exact) mass is 366 g/mol.